The first-order valence-corrected chi connectivity index (χ1v) is 7.46. The van der Waals surface area contributed by atoms with Crippen molar-refractivity contribution < 1.29 is 4.21 Å². The van der Waals surface area contributed by atoms with Crippen molar-refractivity contribution in [3.05, 3.63) is 5.69 Å². The first-order valence-electron chi connectivity index (χ1n) is 5.74. The number of aromatic nitrogens is 2. The van der Waals surface area contributed by atoms with Gasteiger partial charge in [0.1, 0.15) is 5.82 Å². The number of nitrogens with one attached hydrogen (secondary N) is 1. The van der Waals surface area contributed by atoms with Crippen molar-refractivity contribution in [1.82, 2.24) is 9.78 Å². The van der Waals surface area contributed by atoms with E-state index < -0.39 is 10.8 Å². The van der Waals surface area contributed by atoms with Crippen molar-refractivity contribution in [3.8, 4) is 0 Å². The van der Waals surface area contributed by atoms with Gasteiger partial charge in [0.25, 0.3) is 0 Å². The summed E-state index contributed by atoms with van der Waals surface area (Å²) < 4.78 is 13.0. The van der Waals surface area contributed by atoms with E-state index in [0.29, 0.717) is 11.4 Å². The maximum Gasteiger partial charge on any atom is 0.148 e. The van der Waals surface area contributed by atoms with Gasteiger partial charge >= 0.3 is 0 Å². The first-order chi connectivity index (χ1) is 7.82. The molecular formula is C11H22N4OS. The highest BCUT2D eigenvalue weighted by Gasteiger charge is 2.16. The molecule has 0 bridgehead atoms. The smallest absolute Gasteiger partial charge is 0.148 e. The van der Waals surface area contributed by atoms with Gasteiger partial charge in [0.05, 0.1) is 11.4 Å². The molecule has 3 N–H and O–H groups in total. The van der Waals surface area contributed by atoms with E-state index in [4.69, 9.17) is 5.73 Å². The second-order valence-electron chi connectivity index (χ2n) is 4.67. The molecule has 1 heterocycles. The molecule has 98 valence electrons. The number of hydrogen-bond acceptors (Lipinski definition) is 4. The van der Waals surface area contributed by atoms with Gasteiger partial charge < -0.3 is 11.1 Å². The van der Waals surface area contributed by atoms with Crippen LogP contribution in [0.5, 0.6) is 0 Å². The van der Waals surface area contributed by atoms with Crippen LogP contribution in [0.1, 0.15) is 32.5 Å². The Kier molecular flexibility index (Phi) is 4.56. The monoisotopic (exact) mass is 258 g/mol. The van der Waals surface area contributed by atoms with Crippen molar-refractivity contribution in [1.29, 1.82) is 0 Å². The van der Waals surface area contributed by atoms with Gasteiger partial charge in [0.15, 0.2) is 0 Å². The van der Waals surface area contributed by atoms with Crippen LogP contribution in [0, 0.1) is 6.92 Å². The van der Waals surface area contributed by atoms with Gasteiger partial charge in [-0.1, -0.05) is 0 Å². The van der Waals surface area contributed by atoms with E-state index >= 15 is 0 Å². The van der Waals surface area contributed by atoms with E-state index in [2.05, 4.69) is 24.3 Å². The Balaban J connectivity index is 2.92. The lowest BCUT2D eigenvalue weighted by Crippen LogP contribution is -2.25. The molecule has 5 nitrogen and oxygen atoms in total. The molecule has 17 heavy (non-hydrogen) atoms. The topological polar surface area (TPSA) is 72.9 Å². The summed E-state index contributed by atoms with van der Waals surface area (Å²) in [5.74, 6) is 1.43. The summed E-state index contributed by atoms with van der Waals surface area (Å²) >= 11 is 0. The van der Waals surface area contributed by atoms with E-state index in [1.165, 1.54) is 0 Å². The number of aryl methyl sites for hydroxylation is 1. The van der Waals surface area contributed by atoms with Crippen molar-refractivity contribution in [3.63, 3.8) is 0 Å². The van der Waals surface area contributed by atoms with Crippen molar-refractivity contribution in [2.75, 3.05) is 23.1 Å². The van der Waals surface area contributed by atoms with Crippen LogP contribution < -0.4 is 11.1 Å². The van der Waals surface area contributed by atoms with E-state index in [0.717, 1.165) is 11.5 Å². The summed E-state index contributed by atoms with van der Waals surface area (Å²) in [6.07, 6.45) is 1.70. The summed E-state index contributed by atoms with van der Waals surface area (Å²) in [7, 11) is -0.819. The SMILES string of the molecule is Cc1nn(C(C)C)c(NC(C)CS(C)=O)c1N. The van der Waals surface area contributed by atoms with Gasteiger partial charge in [-0.05, 0) is 27.7 Å². The normalized spacial score (nSPS) is 14.9. The van der Waals surface area contributed by atoms with E-state index in [1.807, 2.05) is 18.5 Å². The molecule has 1 aromatic rings. The number of hydrogen-bond donors (Lipinski definition) is 2. The molecule has 1 aromatic heterocycles. The van der Waals surface area contributed by atoms with Crippen LogP contribution in [0.2, 0.25) is 0 Å². The van der Waals surface area contributed by atoms with Crippen LogP contribution in [0.4, 0.5) is 11.5 Å². The summed E-state index contributed by atoms with van der Waals surface area (Å²) in [5, 5.41) is 7.69. The van der Waals surface area contributed by atoms with Gasteiger partial charge in [0.2, 0.25) is 0 Å². The van der Waals surface area contributed by atoms with E-state index in [-0.39, 0.29) is 12.1 Å². The average molecular weight is 258 g/mol. The zero-order valence-corrected chi connectivity index (χ0v) is 12.0. The minimum atomic E-state index is -0.819. The molecule has 0 aromatic carbocycles. The zero-order chi connectivity index (χ0) is 13.2. The predicted molar refractivity (Wildman–Crippen MR) is 73.8 cm³/mol. The Labute approximate surface area is 105 Å². The lowest BCUT2D eigenvalue weighted by molar-refractivity contribution is 0.532. The third-order valence-electron chi connectivity index (χ3n) is 2.49. The van der Waals surface area contributed by atoms with Crippen LogP contribution in [0.15, 0.2) is 0 Å². The molecule has 0 fully saturated rings. The third kappa shape index (κ3) is 3.46. The molecule has 1 rings (SSSR count). The summed E-state index contributed by atoms with van der Waals surface area (Å²) in [4.78, 5) is 0. The van der Waals surface area contributed by atoms with E-state index in [1.54, 1.807) is 6.26 Å². The van der Waals surface area contributed by atoms with Gasteiger partial charge in [0, 0.05) is 34.9 Å². The summed E-state index contributed by atoms with van der Waals surface area (Å²) in [6, 6.07) is 0.351. The van der Waals surface area contributed by atoms with Crippen LogP contribution in [-0.2, 0) is 10.8 Å². The molecule has 0 amide bonds. The number of nitrogens with zero attached hydrogens (tertiary/aromatic N) is 2. The molecule has 6 heteroatoms. The highest BCUT2D eigenvalue weighted by Crippen LogP contribution is 2.26. The average Bonchev–Trinajstić information content (AvgIpc) is 2.44. The Morgan fingerprint density at radius 3 is 2.53 bits per heavy atom. The van der Waals surface area contributed by atoms with Crippen LogP contribution in [0.25, 0.3) is 0 Å². The Bertz CT molecular complexity index is 414. The Hall–Kier alpha value is -1.04. The zero-order valence-electron chi connectivity index (χ0n) is 11.2. The standard InChI is InChI=1S/C11H22N4OS/c1-7(2)15-11(10(12)9(4)14-15)13-8(3)6-17(5)16/h7-8,13H,6,12H2,1-5H3. The van der Waals surface area contributed by atoms with Crippen molar-refractivity contribution in [2.45, 2.75) is 39.8 Å². The first kappa shape index (κ1) is 14.0. The Morgan fingerprint density at radius 1 is 1.47 bits per heavy atom. The molecule has 2 unspecified atom stereocenters. The van der Waals surface area contributed by atoms with Crippen LogP contribution in [-0.4, -0.2) is 32.0 Å². The highest BCUT2D eigenvalue weighted by molar-refractivity contribution is 7.84. The molecule has 0 radical (unpaired) electrons. The van der Waals surface area contributed by atoms with E-state index in [9.17, 15) is 4.21 Å². The van der Waals surface area contributed by atoms with Gasteiger partial charge in [-0.2, -0.15) is 5.10 Å². The molecule has 0 saturated carbocycles. The minimum absolute atomic E-state index is 0.108. The number of nitrogens with two attached hydrogens (primary N) is 1. The number of anilines is 2. The van der Waals surface area contributed by atoms with Crippen LogP contribution >= 0.6 is 0 Å². The lowest BCUT2D eigenvalue weighted by atomic mass is 10.3. The van der Waals surface area contributed by atoms with Gasteiger partial charge in [-0.15, -0.1) is 0 Å². The predicted octanol–water partition coefficient (Wildman–Crippen LogP) is 1.53. The molecule has 0 spiro atoms. The molecule has 0 aliphatic rings. The molecule has 0 aliphatic heterocycles. The summed E-state index contributed by atoms with van der Waals surface area (Å²) in [6.45, 7) is 8.00. The molecular weight excluding hydrogens is 236 g/mol. The second-order valence-corrected chi connectivity index (χ2v) is 6.15. The molecule has 0 saturated heterocycles. The van der Waals surface area contributed by atoms with Crippen molar-refractivity contribution in [2.24, 2.45) is 0 Å². The largest absolute Gasteiger partial charge is 0.394 e. The Morgan fingerprint density at radius 2 is 2.06 bits per heavy atom. The van der Waals surface area contributed by atoms with Crippen molar-refractivity contribution >= 4 is 22.3 Å². The summed E-state index contributed by atoms with van der Waals surface area (Å²) in [5.41, 5.74) is 7.50. The maximum absolute atomic E-state index is 11.2. The quantitative estimate of drug-likeness (QED) is 0.840. The fourth-order valence-corrected chi connectivity index (χ4v) is 2.49. The number of nitrogen functional groups attached to an aromatic ring is 1. The number of rotatable bonds is 5. The third-order valence-corrected chi connectivity index (χ3v) is 3.46. The van der Waals surface area contributed by atoms with Crippen LogP contribution in [0.3, 0.4) is 0 Å². The fraction of sp³-hybridized carbons (Fsp3) is 0.727. The fourth-order valence-electron chi connectivity index (χ4n) is 1.70. The second kappa shape index (κ2) is 5.53. The maximum atomic E-state index is 11.2. The van der Waals surface area contributed by atoms with Gasteiger partial charge in [-0.25, -0.2) is 4.68 Å². The molecule has 0 aliphatic carbocycles. The molecule has 2 atom stereocenters. The minimum Gasteiger partial charge on any atom is -0.394 e. The van der Waals surface area contributed by atoms with Gasteiger partial charge in [-0.3, -0.25) is 4.21 Å². The highest BCUT2D eigenvalue weighted by atomic mass is 32.2. The lowest BCUT2D eigenvalue weighted by Gasteiger charge is -2.17.